The summed E-state index contributed by atoms with van der Waals surface area (Å²) in [5.41, 5.74) is 9.15. The second-order valence-electron chi connectivity index (χ2n) is 15.8. The molecule has 0 aliphatic rings. The number of rotatable bonds is 5. The molecule has 0 bridgehead atoms. The predicted molar refractivity (Wildman–Crippen MR) is 260 cm³/mol. The smallest absolute Gasteiger partial charge is 0.164 e. The number of thiophene rings is 1. The Balaban J connectivity index is 1.01. The Morgan fingerprint density at radius 1 is 0.306 bits per heavy atom. The zero-order chi connectivity index (χ0) is 40.7. The summed E-state index contributed by atoms with van der Waals surface area (Å²) in [5, 5.41) is 11.8. The van der Waals surface area contributed by atoms with Gasteiger partial charge >= 0.3 is 0 Å². The van der Waals surface area contributed by atoms with Crippen molar-refractivity contribution in [1.82, 2.24) is 15.0 Å². The van der Waals surface area contributed by atoms with E-state index in [9.17, 15) is 0 Å². The molecule has 13 aromatic rings. The van der Waals surface area contributed by atoms with Crippen LogP contribution in [0.25, 0.3) is 131 Å². The Morgan fingerprint density at radius 2 is 0.855 bits per heavy atom. The first-order valence-electron chi connectivity index (χ1n) is 20.8. The van der Waals surface area contributed by atoms with Crippen molar-refractivity contribution in [3.8, 4) is 56.4 Å². The number of hydrogen-bond donors (Lipinski definition) is 0. The van der Waals surface area contributed by atoms with Crippen LogP contribution in [0.3, 0.4) is 0 Å². The number of benzene rings is 10. The second kappa shape index (κ2) is 13.8. The van der Waals surface area contributed by atoms with Crippen molar-refractivity contribution in [2.24, 2.45) is 0 Å². The molecule has 0 fully saturated rings. The molecule has 13 rings (SSSR count). The lowest BCUT2D eigenvalue weighted by atomic mass is 9.93. The van der Waals surface area contributed by atoms with Crippen molar-refractivity contribution in [1.29, 1.82) is 0 Å². The summed E-state index contributed by atoms with van der Waals surface area (Å²) >= 11 is 1.86. The van der Waals surface area contributed by atoms with Crippen LogP contribution in [0, 0.1) is 0 Å². The Labute approximate surface area is 360 Å². The molecule has 3 aromatic heterocycles. The summed E-state index contributed by atoms with van der Waals surface area (Å²) in [7, 11) is 0. The molecule has 0 saturated heterocycles. The molecule has 0 unspecified atom stereocenters. The molecule has 10 aromatic carbocycles. The standard InChI is InChI=1S/C57H33N3OS/c1-3-14-34(15-4-1)39-23-11-24-45-53-38(22-13-27-51(53)62-54(39)45)36-29-31-49-48(32-36)52-46(25-12-26-50(52)61-49)57-59-55(35-16-5-2-6-17-35)58-56(60-57)37-28-30-44-42-20-8-7-18-40(42)41-19-9-10-21-43(41)47(44)33-37/h1-33H. The summed E-state index contributed by atoms with van der Waals surface area (Å²) in [6.07, 6.45) is 0. The minimum atomic E-state index is 0.593. The van der Waals surface area contributed by atoms with Gasteiger partial charge in [-0.3, -0.25) is 0 Å². The van der Waals surface area contributed by atoms with E-state index in [1.165, 1.54) is 69.2 Å². The lowest BCUT2D eigenvalue weighted by Crippen LogP contribution is -2.00. The maximum atomic E-state index is 6.60. The Hall–Kier alpha value is -7.99. The van der Waals surface area contributed by atoms with Gasteiger partial charge < -0.3 is 4.42 Å². The first-order valence-corrected chi connectivity index (χ1v) is 21.7. The van der Waals surface area contributed by atoms with Crippen molar-refractivity contribution in [2.75, 3.05) is 0 Å². The van der Waals surface area contributed by atoms with Crippen molar-refractivity contribution in [3.05, 3.63) is 200 Å². The Morgan fingerprint density at radius 3 is 1.61 bits per heavy atom. The highest BCUT2D eigenvalue weighted by Gasteiger charge is 2.21. The highest BCUT2D eigenvalue weighted by molar-refractivity contribution is 7.26. The lowest BCUT2D eigenvalue weighted by molar-refractivity contribution is 0.669. The first-order chi connectivity index (χ1) is 30.7. The first kappa shape index (κ1) is 34.8. The second-order valence-corrected chi connectivity index (χ2v) is 16.9. The van der Waals surface area contributed by atoms with Gasteiger partial charge in [-0.25, -0.2) is 15.0 Å². The molecule has 62 heavy (non-hydrogen) atoms. The van der Waals surface area contributed by atoms with Gasteiger partial charge in [0.2, 0.25) is 0 Å². The third-order valence-corrected chi connectivity index (χ3v) is 13.5. The lowest BCUT2D eigenvalue weighted by Gasteiger charge is -2.13. The number of hydrogen-bond acceptors (Lipinski definition) is 5. The summed E-state index contributed by atoms with van der Waals surface area (Å²) in [4.78, 5) is 15.7. The summed E-state index contributed by atoms with van der Waals surface area (Å²) < 4.78 is 9.16. The fourth-order valence-electron chi connectivity index (χ4n) is 9.50. The van der Waals surface area contributed by atoms with E-state index in [1.54, 1.807) is 0 Å². The van der Waals surface area contributed by atoms with Gasteiger partial charge in [-0.2, -0.15) is 0 Å². The molecule has 0 aliphatic heterocycles. The van der Waals surface area contributed by atoms with E-state index in [0.717, 1.165) is 44.2 Å². The fourth-order valence-corrected chi connectivity index (χ4v) is 10.8. The van der Waals surface area contributed by atoms with E-state index < -0.39 is 0 Å². The van der Waals surface area contributed by atoms with Crippen LogP contribution in [0.5, 0.6) is 0 Å². The van der Waals surface area contributed by atoms with E-state index >= 15 is 0 Å². The molecular formula is C57H33N3OS. The maximum absolute atomic E-state index is 6.60. The molecule has 0 atom stereocenters. The van der Waals surface area contributed by atoms with E-state index in [1.807, 2.05) is 41.7 Å². The number of aromatic nitrogens is 3. The van der Waals surface area contributed by atoms with Crippen LogP contribution in [0.4, 0.5) is 0 Å². The number of nitrogens with zero attached hydrogens (tertiary/aromatic N) is 3. The summed E-state index contributed by atoms with van der Waals surface area (Å²) in [5.74, 6) is 1.82. The van der Waals surface area contributed by atoms with Gasteiger partial charge in [0.15, 0.2) is 17.5 Å². The fraction of sp³-hybridized carbons (Fsp3) is 0. The van der Waals surface area contributed by atoms with E-state index in [-0.39, 0.29) is 0 Å². The highest BCUT2D eigenvalue weighted by atomic mass is 32.1. The van der Waals surface area contributed by atoms with Gasteiger partial charge in [0, 0.05) is 47.6 Å². The van der Waals surface area contributed by atoms with Crippen molar-refractivity contribution in [3.63, 3.8) is 0 Å². The van der Waals surface area contributed by atoms with Gasteiger partial charge in [-0.15, -0.1) is 11.3 Å². The van der Waals surface area contributed by atoms with E-state index in [0.29, 0.717) is 17.5 Å². The summed E-state index contributed by atoms with van der Waals surface area (Å²) in [6, 6.07) is 70.9. The normalized spacial score (nSPS) is 11.9. The molecule has 288 valence electrons. The van der Waals surface area contributed by atoms with Gasteiger partial charge in [-0.1, -0.05) is 170 Å². The minimum Gasteiger partial charge on any atom is -0.456 e. The van der Waals surface area contributed by atoms with Crippen LogP contribution in [0.2, 0.25) is 0 Å². The topological polar surface area (TPSA) is 51.8 Å². The molecule has 0 amide bonds. The van der Waals surface area contributed by atoms with Crippen LogP contribution in [0.15, 0.2) is 205 Å². The Bertz CT molecular complexity index is 3890. The van der Waals surface area contributed by atoms with Gasteiger partial charge in [0.1, 0.15) is 11.2 Å². The summed E-state index contributed by atoms with van der Waals surface area (Å²) in [6.45, 7) is 0. The van der Waals surface area contributed by atoms with Gasteiger partial charge in [0.25, 0.3) is 0 Å². The van der Waals surface area contributed by atoms with E-state index in [2.05, 4.69) is 170 Å². The third-order valence-electron chi connectivity index (χ3n) is 12.3. The molecule has 5 heteroatoms. The van der Waals surface area contributed by atoms with Crippen LogP contribution < -0.4 is 0 Å². The molecule has 4 nitrogen and oxygen atoms in total. The highest BCUT2D eigenvalue weighted by Crippen LogP contribution is 2.46. The van der Waals surface area contributed by atoms with Crippen LogP contribution in [-0.2, 0) is 0 Å². The zero-order valence-electron chi connectivity index (χ0n) is 33.2. The SMILES string of the molecule is c1ccc(-c2nc(-c3ccc4c5ccccc5c5ccccc5c4c3)nc(-c3cccc4oc5ccc(-c6cccc7sc8c(-c9ccccc9)cccc8c67)cc5c34)n2)cc1. The molecule has 0 spiro atoms. The number of furan rings is 1. The van der Waals surface area contributed by atoms with Crippen molar-refractivity contribution >= 4 is 85.8 Å². The van der Waals surface area contributed by atoms with Gasteiger partial charge in [0.05, 0.1) is 0 Å². The number of fused-ring (bicyclic) bond motifs is 12. The van der Waals surface area contributed by atoms with Crippen LogP contribution >= 0.6 is 11.3 Å². The third kappa shape index (κ3) is 5.42. The van der Waals surface area contributed by atoms with Gasteiger partial charge in [-0.05, 0) is 84.9 Å². The molecule has 3 heterocycles. The predicted octanol–water partition coefficient (Wildman–Crippen LogP) is 15.9. The molecule has 0 aliphatic carbocycles. The maximum Gasteiger partial charge on any atom is 0.164 e. The van der Waals surface area contributed by atoms with Crippen LogP contribution in [0.1, 0.15) is 0 Å². The van der Waals surface area contributed by atoms with E-state index in [4.69, 9.17) is 19.4 Å². The zero-order valence-corrected chi connectivity index (χ0v) is 34.0. The molecule has 0 N–H and O–H groups in total. The Kier molecular flexibility index (Phi) is 7.74. The molecule has 0 radical (unpaired) electrons. The molecule has 0 saturated carbocycles. The minimum absolute atomic E-state index is 0.593. The largest absolute Gasteiger partial charge is 0.456 e. The van der Waals surface area contributed by atoms with Crippen molar-refractivity contribution in [2.45, 2.75) is 0 Å². The molecular weight excluding hydrogens is 775 g/mol. The average molecular weight is 808 g/mol. The van der Waals surface area contributed by atoms with Crippen LogP contribution in [-0.4, -0.2) is 15.0 Å². The van der Waals surface area contributed by atoms with Crippen molar-refractivity contribution < 1.29 is 4.42 Å². The monoisotopic (exact) mass is 807 g/mol. The quantitative estimate of drug-likeness (QED) is 0.163. The average Bonchev–Trinajstić information content (AvgIpc) is 3.93.